The van der Waals surface area contributed by atoms with E-state index in [2.05, 4.69) is 25.9 Å². The van der Waals surface area contributed by atoms with E-state index in [1.54, 1.807) is 30.3 Å². The molecule has 0 spiro atoms. The largest absolute Gasteiger partial charge is 0.369 e. The smallest absolute Gasteiger partial charge is 0.354 e. The van der Waals surface area contributed by atoms with Crippen LogP contribution in [0.1, 0.15) is 5.69 Å². The fraction of sp³-hybridized carbons (Fsp3) is 0.176. The number of carbonyl (C=O) groups excluding carboxylic acids is 1. The van der Waals surface area contributed by atoms with Crippen molar-refractivity contribution >= 4 is 28.0 Å². The number of tetrazole rings is 1. The lowest BCUT2D eigenvalue weighted by atomic mass is 10.1. The van der Waals surface area contributed by atoms with Crippen LogP contribution in [0.2, 0.25) is 0 Å². The van der Waals surface area contributed by atoms with Crippen LogP contribution in [0.5, 0.6) is 0 Å². The molecule has 1 amide bonds. The van der Waals surface area contributed by atoms with Crippen LogP contribution in [0.3, 0.4) is 0 Å². The predicted octanol–water partition coefficient (Wildman–Crippen LogP) is 0.0859. The van der Waals surface area contributed by atoms with Gasteiger partial charge in [0.15, 0.2) is 0 Å². The summed E-state index contributed by atoms with van der Waals surface area (Å²) in [6.07, 6.45) is 0.00801. The molecular weight excluding hydrogens is 382 g/mol. The summed E-state index contributed by atoms with van der Waals surface area (Å²) in [4.78, 5) is 36.3. The van der Waals surface area contributed by atoms with E-state index in [0.717, 1.165) is 0 Å². The van der Waals surface area contributed by atoms with Crippen molar-refractivity contribution in [3.8, 4) is 5.00 Å². The van der Waals surface area contributed by atoms with Crippen LogP contribution in [-0.4, -0.2) is 42.4 Å². The zero-order valence-electron chi connectivity index (χ0n) is 14.5. The fourth-order valence-corrected chi connectivity index (χ4v) is 3.43. The van der Waals surface area contributed by atoms with Gasteiger partial charge >= 0.3 is 5.69 Å². The fourth-order valence-electron chi connectivity index (χ4n) is 2.77. The highest BCUT2D eigenvalue weighted by Crippen LogP contribution is 2.12. The lowest BCUT2D eigenvalue weighted by molar-refractivity contribution is -0.120. The zero-order valence-corrected chi connectivity index (χ0v) is 15.3. The quantitative estimate of drug-likeness (QED) is 0.474. The number of fused-ring (bicyclic) bond motifs is 1. The molecular formula is C17H15N7O3S. The zero-order chi connectivity index (χ0) is 19.5. The van der Waals surface area contributed by atoms with Crippen LogP contribution in [0.15, 0.2) is 51.4 Å². The molecule has 0 unspecified atom stereocenters. The van der Waals surface area contributed by atoms with Crippen LogP contribution in [-0.2, 0) is 17.8 Å². The number of nitrogens with one attached hydrogen (secondary N) is 2. The number of hydrogen-bond acceptors (Lipinski definition) is 7. The van der Waals surface area contributed by atoms with E-state index in [-0.39, 0.29) is 36.7 Å². The second-order valence-corrected chi connectivity index (χ2v) is 6.85. The number of hydrogen-bond donors (Lipinski definition) is 2. The average molecular weight is 397 g/mol. The molecule has 28 heavy (non-hydrogen) atoms. The van der Waals surface area contributed by atoms with E-state index in [1.807, 2.05) is 11.4 Å². The molecule has 0 saturated carbocycles. The van der Waals surface area contributed by atoms with E-state index in [0.29, 0.717) is 21.5 Å². The maximum absolute atomic E-state index is 12.3. The number of benzene rings is 1. The van der Waals surface area contributed by atoms with Crippen LogP contribution in [0.25, 0.3) is 15.8 Å². The van der Waals surface area contributed by atoms with E-state index in [9.17, 15) is 14.4 Å². The van der Waals surface area contributed by atoms with E-state index < -0.39 is 0 Å². The van der Waals surface area contributed by atoms with Gasteiger partial charge in [0.05, 0.1) is 24.0 Å². The normalized spacial score (nSPS) is 11.0. The number of carbonyl (C=O) groups is 1. The minimum absolute atomic E-state index is 0.00801. The number of amides is 1. The van der Waals surface area contributed by atoms with Gasteiger partial charge in [0, 0.05) is 11.9 Å². The first-order valence-electron chi connectivity index (χ1n) is 8.43. The third-order valence-corrected chi connectivity index (χ3v) is 4.95. The van der Waals surface area contributed by atoms with Crippen molar-refractivity contribution in [1.29, 1.82) is 0 Å². The molecule has 0 aliphatic heterocycles. The number of thiophene rings is 1. The molecule has 3 aromatic heterocycles. The molecule has 0 bridgehead atoms. The van der Waals surface area contributed by atoms with Crippen LogP contribution < -0.4 is 16.6 Å². The Kier molecular flexibility index (Phi) is 4.81. The van der Waals surface area contributed by atoms with Gasteiger partial charge in [-0.25, -0.2) is 9.89 Å². The van der Waals surface area contributed by atoms with Crippen molar-refractivity contribution in [2.75, 3.05) is 6.54 Å². The summed E-state index contributed by atoms with van der Waals surface area (Å²) in [7, 11) is 0. The van der Waals surface area contributed by atoms with Gasteiger partial charge in [-0.1, -0.05) is 18.2 Å². The topological polar surface area (TPSA) is 128 Å². The van der Waals surface area contributed by atoms with Crippen LogP contribution >= 0.6 is 11.3 Å². The van der Waals surface area contributed by atoms with Gasteiger partial charge in [-0.3, -0.25) is 9.59 Å². The van der Waals surface area contributed by atoms with Gasteiger partial charge in [0.2, 0.25) is 5.91 Å². The first-order valence-corrected chi connectivity index (χ1v) is 9.31. The molecule has 142 valence electrons. The Morgan fingerprint density at radius 3 is 2.71 bits per heavy atom. The maximum atomic E-state index is 12.3. The molecule has 10 nitrogen and oxygen atoms in total. The molecule has 3 heterocycles. The summed E-state index contributed by atoms with van der Waals surface area (Å²) < 4.78 is 2.40. The van der Waals surface area contributed by atoms with E-state index in [4.69, 9.17) is 0 Å². The molecule has 0 fully saturated rings. The van der Waals surface area contributed by atoms with Crippen molar-refractivity contribution in [3.05, 3.63) is 68.3 Å². The molecule has 2 N–H and O–H groups in total. The molecule has 0 aliphatic carbocycles. The Morgan fingerprint density at radius 1 is 1.11 bits per heavy atom. The maximum Gasteiger partial charge on any atom is 0.369 e. The van der Waals surface area contributed by atoms with Crippen molar-refractivity contribution in [2.24, 2.45) is 0 Å². The van der Waals surface area contributed by atoms with Crippen molar-refractivity contribution < 1.29 is 4.79 Å². The molecule has 1 aromatic carbocycles. The number of H-pyrrole nitrogens is 1. The van der Waals surface area contributed by atoms with Crippen molar-refractivity contribution in [1.82, 2.24) is 35.3 Å². The Bertz CT molecular complexity index is 1240. The lowest BCUT2D eigenvalue weighted by Crippen LogP contribution is -2.33. The van der Waals surface area contributed by atoms with Gasteiger partial charge in [-0.05, 0) is 34.0 Å². The summed E-state index contributed by atoms with van der Waals surface area (Å²) in [5, 5.41) is 20.4. The minimum Gasteiger partial charge on any atom is -0.354 e. The van der Waals surface area contributed by atoms with Gasteiger partial charge in [-0.15, -0.1) is 11.3 Å². The Balaban J connectivity index is 1.39. The average Bonchev–Trinajstić information content (AvgIpc) is 3.35. The summed E-state index contributed by atoms with van der Waals surface area (Å²) in [5.41, 5.74) is -0.188. The molecule has 4 rings (SSSR count). The molecule has 0 aliphatic rings. The van der Waals surface area contributed by atoms with Gasteiger partial charge in [-0.2, -0.15) is 14.5 Å². The summed E-state index contributed by atoms with van der Waals surface area (Å²) in [6, 6.07) is 10.6. The molecule has 0 saturated heterocycles. The minimum atomic E-state index is -0.370. The monoisotopic (exact) mass is 397 g/mol. The summed E-state index contributed by atoms with van der Waals surface area (Å²) in [6.45, 7) is 0.402. The predicted molar refractivity (Wildman–Crippen MR) is 103 cm³/mol. The first-order chi connectivity index (χ1) is 13.6. The Hall–Kier alpha value is -3.60. The molecule has 0 radical (unpaired) electrons. The lowest BCUT2D eigenvalue weighted by Gasteiger charge is -2.06. The van der Waals surface area contributed by atoms with Crippen LogP contribution in [0, 0.1) is 0 Å². The highest BCUT2D eigenvalue weighted by atomic mass is 32.1. The molecule has 0 atom stereocenters. The Morgan fingerprint density at radius 2 is 1.93 bits per heavy atom. The second-order valence-electron chi connectivity index (χ2n) is 5.92. The summed E-state index contributed by atoms with van der Waals surface area (Å²) in [5.74, 6) is -0.275. The third kappa shape index (κ3) is 3.47. The van der Waals surface area contributed by atoms with Gasteiger partial charge in [0.25, 0.3) is 5.56 Å². The highest BCUT2D eigenvalue weighted by Gasteiger charge is 2.12. The first kappa shape index (κ1) is 17.8. The number of rotatable bonds is 6. The number of aromatic amines is 1. The van der Waals surface area contributed by atoms with Gasteiger partial charge in [0.1, 0.15) is 5.00 Å². The standard InChI is InChI=1S/C17H15N7O3S/c25-14(10-13-11-4-1-2-5-12(11)16(26)20-19-13)18-7-8-23-17(27)24(22-21-23)15-6-3-9-28-15/h1-6,9H,7-8,10H2,(H,18,25)(H,20,26). The molecule has 11 heteroatoms. The second kappa shape index (κ2) is 7.56. The summed E-state index contributed by atoms with van der Waals surface area (Å²) >= 11 is 1.38. The van der Waals surface area contributed by atoms with E-state index in [1.165, 1.54) is 20.7 Å². The van der Waals surface area contributed by atoms with Crippen molar-refractivity contribution in [2.45, 2.75) is 13.0 Å². The number of aromatic nitrogens is 6. The van der Waals surface area contributed by atoms with E-state index >= 15 is 0 Å². The number of nitrogens with zero attached hydrogens (tertiary/aromatic N) is 5. The van der Waals surface area contributed by atoms with Gasteiger partial charge < -0.3 is 5.32 Å². The highest BCUT2D eigenvalue weighted by molar-refractivity contribution is 7.12. The SMILES string of the molecule is O=C(Cc1n[nH]c(=O)c2ccccc12)NCCn1nnn(-c2cccs2)c1=O. The third-order valence-electron chi connectivity index (χ3n) is 4.10. The Labute approximate surface area is 161 Å². The van der Waals surface area contributed by atoms with Crippen molar-refractivity contribution in [3.63, 3.8) is 0 Å². The molecule has 4 aromatic rings. The van der Waals surface area contributed by atoms with Crippen LogP contribution in [0.4, 0.5) is 0 Å².